The Bertz CT molecular complexity index is 1030. The van der Waals surface area contributed by atoms with Gasteiger partial charge in [-0.3, -0.25) is 9.36 Å². The Labute approximate surface area is 379 Å². The van der Waals surface area contributed by atoms with E-state index in [9.17, 15) is 14.3 Å². The normalized spacial score (nSPS) is 13.7. The smallest absolute Gasteiger partial charge is 0.306 e. The highest BCUT2D eigenvalue weighted by molar-refractivity contribution is 7.45. The second-order valence-corrected chi connectivity index (χ2v) is 20.3. The third-order valence-corrected chi connectivity index (χ3v) is 12.5. The van der Waals surface area contributed by atoms with E-state index in [0.29, 0.717) is 24.1 Å². The van der Waals surface area contributed by atoms with Gasteiger partial charge >= 0.3 is 5.97 Å². The topological polar surface area (TPSA) is 94.1 Å². The molecule has 0 saturated heterocycles. The lowest BCUT2D eigenvalue weighted by Gasteiger charge is -2.28. The summed E-state index contributed by atoms with van der Waals surface area (Å²) >= 11 is 0. The molecule has 9 heteroatoms. The minimum Gasteiger partial charge on any atom is -0.756 e. The molecule has 0 aliphatic carbocycles. The molecule has 0 spiro atoms. The van der Waals surface area contributed by atoms with E-state index in [2.05, 4.69) is 38.2 Å². The van der Waals surface area contributed by atoms with Crippen molar-refractivity contribution < 1.29 is 37.3 Å². The standard InChI is InChI=1S/C52H102NO7P/c1-6-8-10-12-14-16-18-20-22-24-26-28-30-32-34-36-38-40-42-44-47-57-49-51(50-59-61(55,56)58-48-46-53(3,4)5)60-52(54)45-43-41-39-37-35-33-31-29-27-25-23-21-19-17-15-13-11-9-7-2/h14,16,20,22,51H,6-13,15,17-19,21,23-50H2,1-5H3/b16-14-,22-20-. The van der Waals surface area contributed by atoms with Crippen molar-refractivity contribution in [3.63, 3.8) is 0 Å². The lowest BCUT2D eigenvalue weighted by atomic mass is 10.0. The Morgan fingerprint density at radius 3 is 1.36 bits per heavy atom. The van der Waals surface area contributed by atoms with E-state index >= 15 is 0 Å². The van der Waals surface area contributed by atoms with Crippen molar-refractivity contribution >= 4 is 13.8 Å². The molecule has 0 N–H and O–H groups in total. The van der Waals surface area contributed by atoms with Gasteiger partial charge in [0.05, 0.1) is 34.4 Å². The molecule has 0 heterocycles. The van der Waals surface area contributed by atoms with Gasteiger partial charge in [0.1, 0.15) is 19.3 Å². The molecule has 0 rings (SSSR count). The van der Waals surface area contributed by atoms with Crippen molar-refractivity contribution in [2.75, 3.05) is 54.1 Å². The van der Waals surface area contributed by atoms with Crippen molar-refractivity contribution in [3.05, 3.63) is 24.3 Å². The number of likely N-dealkylation sites (N-methyl/N-ethyl adjacent to an activating group) is 1. The Morgan fingerprint density at radius 2 is 0.902 bits per heavy atom. The molecule has 2 unspecified atom stereocenters. The molecule has 0 saturated carbocycles. The second-order valence-electron chi connectivity index (χ2n) is 18.9. The molecule has 0 aromatic carbocycles. The highest BCUT2D eigenvalue weighted by atomic mass is 31.2. The van der Waals surface area contributed by atoms with E-state index in [1.54, 1.807) is 0 Å². The molecular formula is C52H102NO7P. The number of hydrogen-bond acceptors (Lipinski definition) is 7. The number of hydrogen-bond donors (Lipinski definition) is 0. The number of carbonyl (C=O) groups is 1. The molecular weight excluding hydrogens is 782 g/mol. The summed E-state index contributed by atoms with van der Waals surface area (Å²) in [7, 11) is 1.37. The molecule has 0 bridgehead atoms. The van der Waals surface area contributed by atoms with Crippen LogP contribution in [0.1, 0.15) is 245 Å². The molecule has 2 atom stereocenters. The van der Waals surface area contributed by atoms with Crippen LogP contribution in [-0.4, -0.2) is 70.7 Å². The van der Waals surface area contributed by atoms with Gasteiger partial charge in [0.2, 0.25) is 0 Å². The summed E-state index contributed by atoms with van der Waals surface area (Å²) < 4.78 is 34.8. The third kappa shape index (κ3) is 49.8. The first kappa shape index (κ1) is 60.0. The lowest BCUT2D eigenvalue weighted by Crippen LogP contribution is -2.37. The highest BCUT2D eigenvalue weighted by Gasteiger charge is 2.20. The fourth-order valence-corrected chi connectivity index (χ4v) is 8.19. The zero-order chi connectivity index (χ0) is 44.8. The monoisotopic (exact) mass is 884 g/mol. The quantitative estimate of drug-likeness (QED) is 0.0197. The van der Waals surface area contributed by atoms with Gasteiger partial charge in [-0.05, 0) is 44.9 Å². The SMILES string of the molecule is CCCCC/C=C\C/C=C\CCCCCCCCCCCCOCC(COP(=O)([O-])OCC[N+](C)(C)C)OC(=O)CCCCCCCCCCCCCCCCCCCCC. The zero-order valence-corrected chi connectivity index (χ0v) is 42.0. The molecule has 0 radical (unpaired) electrons. The molecule has 0 aliphatic heterocycles. The third-order valence-electron chi connectivity index (χ3n) is 11.5. The van der Waals surface area contributed by atoms with Crippen LogP contribution < -0.4 is 4.89 Å². The van der Waals surface area contributed by atoms with E-state index in [-0.39, 0.29) is 25.8 Å². The first-order valence-electron chi connectivity index (χ1n) is 26.1. The maximum Gasteiger partial charge on any atom is 0.306 e. The maximum atomic E-state index is 12.7. The summed E-state index contributed by atoms with van der Waals surface area (Å²) in [5.41, 5.74) is 0. The van der Waals surface area contributed by atoms with Gasteiger partial charge < -0.3 is 27.9 Å². The predicted octanol–water partition coefficient (Wildman–Crippen LogP) is 15.3. The fraction of sp³-hybridized carbons (Fsp3) is 0.904. The minimum atomic E-state index is -4.53. The lowest BCUT2D eigenvalue weighted by molar-refractivity contribution is -0.870. The van der Waals surface area contributed by atoms with E-state index in [4.69, 9.17) is 18.5 Å². The number of quaternary nitrogens is 1. The number of rotatable bonds is 49. The van der Waals surface area contributed by atoms with Crippen LogP contribution in [0.5, 0.6) is 0 Å². The molecule has 0 amide bonds. The summed E-state index contributed by atoms with van der Waals surface area (Å²) in [5, 5.41) is 0. The Kier molecular flexibility index (Phi) is 44.8. The van der Waals surface area contributed by atoms with Crippen LogP contribution >= 0.6 is 7.82 Å². The van der Waals surface area contributed by atoms with Crippen LogP contribution in [0.15, 0.2) is 24.3 Å². The molecule has 0 aromatic heterocycles. The van der Waals surface area contributed by atoms with Crippen molar-refractivity contribution in [1.82, 2.24) is 0 Å². The summed E-state index contributed by atoms with van der Waals surface area (Å²) in [6.07, 6.45) is 53.4. The molecule has 362 valence electrons. The van der Waals surface area contributed by atoms with E-state index in [1.807, 2.05) is 21.1 Å². The molecule has 0 aromatic rings. The van der Waals surface area contributed by atoms with E-state index in [1.165, 1.54) is 186 Å². The van der Waals surface area contributed by atoms with Crippen molar-refractivity contribution in [1.29, 1.82) is 0 Å². The molecule has 8 nitrogen and oxygen atoms in total. The van der Waals surface area contributed by atoms with Crippen molar-refractivity contribution in [2.24, 2.45) is 0 Å². The van der Waals surface area contributed by atoms with E-state index in [0.717, 1.165) is 38.5 Å². The molecule has 0 aliphatic rings. The number of allylic oxidation sites excluding steroid dienone is 4. The van der Waals surface area contributed by atoms with Gasteiger partial charge in [-0.2, -0.15) is 0 Å². The maximum absolute atomic E-state index is 12.7. The first-order chi connectivity index (χ1) is 29.6. The molecule has 0 fully saturated rings. The predicted molar refractivity (Wildman–Crippen MR) is 259 cm³/mol. The van der Waals surface area contributed by atoms with Crippen LogP contribution in [0.3, 0.4) is 0 Å². The minimum absolute atomic E-state index is 0.0280. The number of phosphoric acid groups is 1. The largest absolute Gasteiger partial charge is 0.756 e. The van der Waals surface area contributed by atoms with Crippen molar-refractivity contribution in [2.45, 2.75) is 251 Å². The Hall–Kier alpha value is -1.02. The number of ether oxygens (including phenoxy) is 2. The van der Waals surface area contributed by atoms with Crippen LogP contribution in [0.4, 0.5) is 0 Å². The van der Waals surface area contributed by atoms with Gasteiger partial charge in [0.15, 0.2) is 0 Å². The summed E-state index contributed by atoms with van der Waals surface area (Å²) in [4.78, 5) is 25.2. The zero-order valence-electron chi connectivity index (χ0n) is 41.1. The summed E-state index contributed by atoms with van der Waals surface area (Å²) in [6, 6.07) is 0. The Morgan fingerprint density at radius 1 is 0.508 bits per heavy atom. The summed E-state index contributed by atoms with van der Waals surface area (Å²) in [5.74, 6) is -0.329. The van der Waals surface area contributed by atoms with Crippen LogP contribution in [0.2, 0.25) is 0 Å². The Balaban J connectivity index is 4.11. The number of nitrogens with zero attached hydrogens (tertiary/aromatic N) is 1. The fourth-order valence-electron chi connectivity index (χ4n) is 7.46. The number of unbranched alkanes of at least 4 members (excludes halogenated alkanes) is 31. The van der Waals surface area contributed by atoms with Gasteiger partial charge in [-0.1, -0.05) is 218 Å². The van der Waals surface area contributed by atoms with Gasteiger partial charge in [0.25, 0.3) is 7.82 Å². The van der Waals surface area contributed by atoms with Crippen LogP contribution in [-0.2, 0) is 27.9 Å². The number of esters is 1. The van der Waals surface area contributed by atoms with Gasteiger partial charge in [-0.25, -0.2) is 0 Å². The average molecular weight is 884 g/mol. The second kappa shape index (κ2) is 45.5. The number of carbonyl (C=O) groups excluding carboxylic acids is 1. The number of phosphoric ester groups is 1. The van der Waals surface area contributed by atoms with Crippen molar-refractivity contribution in [3.8, 4) is 0 Å². The van der Waals surface area contributed by atoms with E-state index < -0.39 is 13.9 Å². The van der Waals surface area contributed by atoms with Crippen LogP contribution in [0.25, 0.3) is 0 Å². The summed E-state index contributed by atoms with van der Waals surface area (Å²) in [6.45, 7) is 5.43. The first-order valence-corrected chi connectivity index (χ1v) is 27.5. The average Bonchev–Trinajstić information content (AvgIpc) is 3.22. The van der Waals surface area contributed by atoms with Crippen LogP contribution in [0, 0.1) is 0 Å². The highest BCUT2D eigenvalue weighted by Crippen LogP contribution is 2.38. The van der Waals surface area contributed by atoms with Gasteiger partial charge in [-0.15, -0.1) is 0 Å². The molecule has 61 heavy (non-hydrogen) atoms. The van der Waals surface area contributed by atoms with Gasteiger partial charge in [0, 0.05) is 13.0 Å².